The SMILES string of the molecule is CCCCCCC/C=C\C/C=C\C/C=C\CCCCCCCCCCCCCCCCCCCCCCCCCCCCC(=O)OC(COC(=O)CCCCCCCCCCCCCCC/C=C\C/C=C\CCCCCCC)COP(=O)(O)OCC[N+](C)(C)C. The lowest BCUT2D eigenvalue weighted by molar-refractivity contribution is -0.870. The monoisotopic (exact) mass is 1290 g/mol. The van der Waals surface area contributed by atoms with Gasteiger partial charge in [0.1, 0.15) is 19.8 Å². The van der Waals surface area contributed by atoms with Gasteiger partial charge in [0.05, 0.1) is 27.7 Å². The van der Waals surface area contributed by atoms with E-state index >= 15 is 0 Å². The number of esters is 2. The number of phosphoric acid groups is 1. The summed E-state index contributed by atoms with van der Waals surface area (Å²) >= 11 is 0. The van der Waals surface area contributed by atoms with Crippen LogP contribution in [-0.2, 0) is 32.7 Å². The fraction of sp³-hybridized carbons (Fsp3) is 0.850. The highest BCUT2D eigenvalue weighted by molar-refractivity contribution is 7.47. The smallest absolute Gasteiger partial charge is 0.462 e. The van der Waals surface area contributed by atoms with Gasteiger partial charge in [-0.15, -0.1) is 0 Å². The van der Waals surface area contributed by atoms with Crippen molar-refractivity contribution in [1.29, 1.82) is 0 Å². The molecule has 1 N–H and O–H groups in total. The predicted octanol–water partition coefficient (Wildman–Crippen LogP) is 25.7. The van der Waals surface area contributed by atoms with Crippen LogP contribution >= 0.6 is 7.82 Å². The van der Waals surface area contributed by atoms with Crippen molar-refractivity contribution >= 4 is 19.8 Å². The summed E-state index contributed by atoms with van der Waals surface area (Å²) in [4.78, 5) is 35.9. The standard InChI is InChI=1S/C80H150NO8P/c1-6-8-10-12-14-16-18-20-22-24-26-28-30-32-33-34-35-36-37-38-39-40-41-42-43-44-45-46-47-49-51-53-55-57-59-61-63-65-67-69-71-73-80(83)89-78(77-88-90(84,85)87-75-74-81(3,4)5)76-86-79(82)72-70-68-66-64-62-60-58-56-54-52-50-48-31-29-27-25-23-21-19-17-15-13-11-9-7-2/h18-21,24-27,30,32,78H,6-17,22-23,28-29,31,33-77H2,1-5H3/p+1/b20-18-,21-19-,26-24-,27-25-,32-30-. The zero-order valence-electron chi connectivity index (χ0n) is 60.4. The largest absolute Gasteiger partial charge is 0.472 e. The highest BCUT2D eigenvalue weighted by atomic mass is 31.2. The number of hydrogen-bond acceptors (Lipinski definition) is 7. The molecule has 0 aliphatic carbocycles. The Morgan fingerprint density at radius 2 is 0.600 bits per heavy atom. The van der Waals surface area contributed by atoms with Crippen molar-refractivity contribution in [2.75, 3.05) is 47.5 Å². The number of rotatable bonds is 73. The first-order valence-electron chi connectivity index (χ1n) is 39.0. The first-order chi connectivity index (χ1) is 44.0. The summed E-state index contributed by atoms with van der Waals surface area (Å²) in [6, 6.07) is 0. The molecule has 9 nitrogen and oxygen atoms in total. The third kappa shape index (κ3) is 74.7. The Hall–Kier alpha value is -2.29. The molecule has 0 radical (unpaired) electrons. The highest BCUT2D eigenvalue weighted by Gasteiger charge is 2.27. The molecule has 2 atom stereocenters. The Bertz CT molecular complexity index is 1700. The number of quaternary nitrogens is 1. The predicted molar refractivity (Wildman–Crippen MR) is 390 cm³/mol. The zero-order valence-corrected chi connectivity index (χ0v) is 61.3. The normalized spacial score (nSPS) is 13.4. The van der Waals surface area contributed by atoms with Crippen molar-refractivity contribution in [1.82, 2.24) is 0 Å². The van der Waals surface area contributed by atoms with E-state index < -0.39 is 26.5 Å². The number of unbranched alkanes of at least 4 members (excludes halogenated alkanes) is 49. The molecular weight excluding hydrogens is 1130 g/mol. The number of allylic oxidation sites excluding steroid dienone is 10. The Kier molecular flexibility index (Phi) is 69.2. The lowest BCUT2D eigenvalue weighted by atomic mass is 10.0. The highest BCUT2D eigenvalue weighted by Crippen LogP contribution is 2.43. The van der Waals surface area contributed by atoms with Gasteiger partial charge in [-0.05, 0) is 83.5 Å². The van der Waals surface area contributed by atoms with Crippen molar-refractivity contribution in [2.24, 2.45) is 0 Å². The number of likely N-dealkylation sites (N-methyl/N-ethyl adjacent to an activating group) is 1. The molecule has 0 aromatic rings. The molecule has 90 heavy (non-hydrogen) atoms. The second-order valence-corrected chi connectivity index (χ2v) is 29.2. The van der Waals surface area contributed by atoms with E-state index in [-0.39, 0.29) is 25.6 Å². The number of phosphoric ester groups is 1. The minimum Gasteiger partial charge on any atom is -0.462 e. The minimum absolute atomic E-state index is 0.0332. The number of hydrogen-bond donors (Lipinski definition) is 1. The third-order valence-corrected chi connectivity index (χ3v) is 18.5. The van der Waals surface area contributed by atoms with Crippen LogP contribution in [0.5, 0.6) is 0 Å². The van der Waals surface area contributed by atoms with Gasteiger partial charge in [-0.25, -0.2) is 4.57 Å². The van der Waals surface area contributed by atoms with E-state index in [9.17, 15) is 19.0 Å². The molecule has 2 unspecified atom stereocenters. The quantitative estimate of drug-likeness (QED) is 0.0211. The molecule has 10 heteroatoms. The molecule has 0 saturated heterocycles. The second kappa shape index (κ2) is 71.0. The Morgan fingerprint density at radius 3 is 0.889 bits per heavy atom. The molecule has 0 spiro atoms. The van der Waals surface area contributed by atoms with Crippen molar-refractivity contribution < 1.29 is 42.1 Å². The maximum absolute atomic E-state index is 12.9. The van der Waals surface area contributed by atoms with Gasteiger partial charge >= 0.3 is 19.8 Å². The lowest BCUT2D eigenvalue weighted by Gasteiger charge is -2.24. The van der Waals surface area contributed by atoms with Crippen LogP contribution in [-0.4, -0.2) is 74.9 Å². The van der Waals surface area contributed by atoms with E-state index in [1.54, 1.807) is 0 Å². The van der Waals surface area contributed by atoms with Gasteiger partial charge in [-0.3, -0.25) is 18.6 Å². The first kappa shape index (κ1) is 87.7. The van der Waals surface area contributed by atoms with E-state index in [1.807, 2.05) is 21.1 Å². The van der Waals surface area contributed by atoms with Crippen LogP contribution in [0, 0.1) is 0 Å². The maximum Gasteiger partial charge on any atom is 0.472 e. The minimum atomic E-state index is -4.39. The Balaban J connectivity index is 3.90. The average molecular weight is 1290 g/mol. The van der Waals surface area contributed by atoms with Crippen LogP contribution in [0.1, 0.15) is 386 Å². The van der Waals surface area contributed by atoms with Gasteiger partial charge in [0, 0.05) is 12.8 Å². The summed E-state index contributed by atoms with van der Waals surface area (Å²) in [6.07, 6.45) is 95.1. The molecule has 0 saturated carbocycles. The van der Waals surface area contributed by atoms with E-state index in [1.165, 1.54) is 302 Å². The summed E-state index contributed by atoms with van der Waals surface area (Å²) in [7, 11) is 1.49. The number of carbonyl (C=O) groups excluding carboxylic acids is 2. The van der Waals surface area contributed by atoms with E-state index in [4.69, 9.17) is 18.5 Å². The fourth-order valence-corrected chi connectivity index (χ4v) is 12.3. The van der Waals surface area contributed by atoms with Gasteiger partial charge in [0.15, 0.2) is 6.10 Å². The van der Waals surface area contributed by atoms with Gasteiger partial charge in [0.25, 0.3) is 0 Å². The molecule has 0 aliphatic rings. The summed E-state index contributed by atoms with van der Waals surface area (Å²) in [5, 5.41) is 0. The van der Waals surface area contributed by atoms with E-state index in [0.29, 0.717) is 23.9 Å². The second-order valence-electron chi connectivity index (χ2n) is 27.7. The molecule has 0 rings (SSSR count). The number of ether oxygens (including phenoxy) is 2. The molecule has 528 valence electrons. The molecular formula is C80H151NO8P+. The molecule has 0 heterocycles. The Morgan fingerprint density at radius 1 is 0.344 bits per heavy atom. The van der Waals surface area contributed by atoms with Gasteiger partial charge in [-0.1, -0.05) is 351 Å². The van der Waals surface area contributed by atoms with Crippen molar-refractivity contribution in [3.05, 3.63) is 60.8 Å². The van der Waals surface area contributed by atoms with Gasteiger partial charge in [-0.2, -0.15) is 0 Å². The van der Waals surface area contributed by atoms with Crippen LogP contribution < -0.4 is 0 Å². The van der Waals surface area contributed by atoms with Crippen molar-refractivity contribution in [3.63, 3.8) is 0 Å². The maximum atomic E-state index is 12.9. The lowest BCUT2D eigenvalue weighted by Crippen LogP contribution is -2.37. The van der Waals surface area contributed by atoms with Crippen molar-refractivity contribution in [2.45, 2.75) is 392 Å². The van der Waals surface area contributed by atoms with E-state index in [2.05, 4.69) is 74.6 Å². The summed E-state index contributed by atoms with van der Waals surface area (Å²) < 4.78 is 34.8. The summed E-state index contributed by atoms with van der Waals surface area (Å²) in [5.41, 5.74) is 0. The van der Waals surface area contributed by atoms with Gasteiger partial charge in [0.2, 0.25) is 0 Å². The molecule has 0 aromatic carbocycles. The van der Waals surface area contributed by atoms with Crippen LogP contribution in [0.4, 0.5) is 0 Å². The zero-order chi connectivity index (χ0) is 65.5. The Labute approximate surface area is 559 Å². The molecule has 0 amide bonds. The molecule has 0 bridgehead atoms. The average Bonchev–Trinajstić information content (AvgIpc) is 3.62. The summed E-state index contributed by atoms with van der Waals surface area (Å²) in [5.74, 6) is -0.779. The van der Waals surface area contributed by atoms with E-state index in [0.717, 1.165) is 51.4 Å². The summed E-state index contributed by atoms with van der Waals surface area (Å²) in [6.45, 7) is 4.47. The molecule has 0 fully saturated rings. The van der Waals surface area contributed by atoms with Crippen LogP contribution in [0.2, 0.25) is 0 Å². The fourth-order valence-electron chi connectivity index (χ4n) is 11.5. The van der Waals surface area contributed by atoms with Crippen LogP contribution in [0.15, 0.2) is 60.8 Å². The third-order valence-electron chi connectivity index (χ3n) is 17.5. The van der Waals surface area contributed by atoms with Crippen LogP contribution in [0.3, 0.4) is 0 Å². The van der Waals surface area contributed by atoms with Crippen molar-refractivity contribution in [3.8, 4) is 0 Å². The number of nitrogens with zero attached hydrogens (tertiary/aromatic N) is 1. The van der Waals surface area contributed by atoms with Crippen LogP contribution in [0.25, 0.3) is 0 Å². The topological polar surface area (TPSA) is 108 Å². The first-order valence-corrected chi connectivity index (χ1v) is 40.5. The molecule has 0 aliphatic heterocycles. The number of carbonyl (C=O) groups is 2. The van der Waals surface area contributed by atoms with Gasteiger partial charge < -0.3 is 18.9 Å². The molecule has 0 aromatic heterocycles.